The van der Waals surface area contributed by atoms with E-state index in [1.54, 1.807) is 0 Å². The molecule has 11 aromatic rings. The highest BCUT2D eigenvalue weighted by atomic mass is 15.1. The summed E-state index contributed by atoms with van der Waals surface area (Å²) in [5, 5.41) is 0. The number of rotatable bonds is 25. The summed E-state index contributed by atoms with van der Waals surface area (Å²) < 4.78 is 0. The fraction of sp³-hybridized carbons (Fsp3) is 0.258. The van der Waals surface area contributed by atoms with E-state index >= 15 is 0 Å². The van der Waals surface area contributed by atoms with Crippen LogP contribution in [0.1, 0.15) is 142 Å². The van der Waals surface area contributed by atoms with Gasteiger partial charge in [-0.15, -0.1) is 0 Å². The maximum atomic E-state index is 2.55. The van der Waals surface area contributed by atoms with Gasteiger partial charge in [0.25, 0.3) is 0 Å². The van der Waals surface area contributed by atoms with E-state index < -0.39 is 0 Å². The molecule has 0 aliphatic carbocycles. The molecule has 0 aromatic heterocycles. The Labute approximate surface area is 547 Å². The Kier molecular flexibility index (Phi) is 23.0. The molecule has 0 aliphatic rings. The van der Waals surface area contributed by atoms with Crippen LogP contribution < -0.4 is 9.80 Å². The van der Waals surface area contributed by atoms with Crippen molar-refractivity contribution >= 4 is 34.1 Å². The Morgan fingerprint density at radius 1 is 0.231 bits per heavy atom. The van der Waals surface area contributed by atoms with Crippen molar-refractivity contribution in [1.82, 2.24) is 0 Å². The molecule has 0 spiro atoms. The zero-order valence-electron chi connectivity index (χ0n) is 56.0. The van der Waals surface area contributed by atoms with Gasteiger partial charge in [-0.2, -0.15) is 0 Å². The van der Waals surface area contributed by atoms with E-state index in [1.165, 1.54) is 176 Å². The van der Waals surface area contributed by atoms with Crippen LogP contribution in [0.15, 0.2) is 249 Å². The zero-order chi connectivity index (χ0) is 63.5. The Balaban J connectivity index is 0.000000218. The molecule has 11 aromatic carbocycles. The number of nitrogens with zero attached hydrogens (tertiary/aromatic N) is 2. The van der Waals surface area contributed by atoms with Gasteiger partial charge in [-0.05, 0) is 241 Å². The van der Waals surface area contributed by atoms with Crippen LogP contribution in [0.25, 0.3) is 55.6 Å². The van der Waals surface area contributed by atoms with E-state index in [-0.39, 0.29) is 0 Å². The van der Waals surface area contributed by atoms with Crippen molar-refractivity contribution in [3.05, 3.63) is 299 Å². The molecule has 0 aliphatic heterocycles. The smallest absolute Gasteiger partial charge is 0.0464 e. The number of hydrogen-bond donors (Lipinski definition) is 0. The minimum Gasteiger partial charge on any atom is -0.310 e. The van der Waals surface area contributed by atoms with E-state index in [0.717, 1.165) is 54.1 Å². The summed E-state index contributed by atoms with van der Waals surface area (Å²) in [6, 6.07) is 92.5. The average molecular weight is 1190 g/mol. The van der Waals surface area contributed by atoms with Gasteiger partial charge in [-0.25, -0.2) is 0 Å². The highest BCUT2D eigenvalue weighted by molar-refractivity contribution is 5.84. The van der Waals surface area contributed by atoms with Gasteiger partial charge in [0.15, 0.2) is 0 Å². The van der Waals surface area contributed by atoms with Crippen molar-refractivity contribution < 1.29 is 0 Å². The lowest BCUT2D eigenvalue weighted by Gasteiger charge is -2.27. The predicted octanol–water partition coefficient (Wildman–Crippen LogP) is 26.3. The minimum absolute atomic E-state index is 1.12. The zero-order valence-corrected chi connectivity index (χ0v) is 56.0. The number of unbranched alkanes of at least 4 members (excludes halogenated alkanes) is 6. The first-order chi connectivity index (χ1) is 44.5. The first-order valence-corrected chi connectivity index (χ1v) is 34.1. The topological polar surface area (TPSA) is 6.48 Å². The molecule has 0 unspecified atom stereocenters. The summed E-state index contributed by atoms with van der Waals surface area (Å²) in [6.07, 6.45) is 17.2. The molecular weight excluding hydrogens is 1100 g/mol. The molecule has 91 heavy (non-hydrogen) atoms. The third-order valence-electron chi connectivity index (χ3n) is 18.1. The molecule has 0 amide bonds. The molecule has 2 heteroatoms. The summed E-state index contributed by atoms with van der Waals surface area (Å²) in [5.41, 5.74) is 32.1. The fourth-order valence-electron chi connectivity index (χ4n) is 12.8. The molecule has 11 rings (SSSR count). The van der Waals surface area contributed by atoms with Crippen LogP contribution in [0.2, 0.25) is 0 Å². The van der Waals surface area contributed by atoms with Crippen LogP contribution >= 0.6 is 0 Å². The lowest BCUT2D eigenvalue weighted by molar-refractivity contribution is 0.662. The van der Waals surface area contributed by atoms with E-state index in [0.29, 0.717) is 0 Å². The summed E-state index contributed by atoms with van der Waals surface area (Å²) in [4.78, 5) is 4.75. The molecule has 0 fully saturated rings. The van der Waals surface area contributed by atoms with Crippen molar-refractivity contribution in [2.24, 2.45) is 0 Å². The van der Waals surface area contributed by atoms with Crippen LogP contribution in [0, 0.1) is 34.6 Å². The molecule has 0 heterocycles. The second-order valence-corrected chi connectivity index (χ2v) is 25.4. The summed E-state index contributed by atoms with van der Waals surface area (Å²) >= 11 is 0. The average Bonchev–Trinajstić information content (AvgIpc) is 1.10. The predicted molar refractivity (Wildman–Crippen MR) is 397 cm³/mol. The van der Waals surface area contributed by atoms with Crippen molar-refractivity contribution in [2.75, 3.05) is 9.80 Å². The van der Waals surface area contributed by atoms with E-state index in [4.69, 9.17) is 0 Å². The number of aryl methyl sites for hydroxylation is 9. The first kappa shape index (κ1) is 65.0. The number of hydrogen-bond acceptors (Lipinski definition) is 2. The molecule has 462 valence electrons. The monoisotopic (exact) mass is 1190 g/mol. The highest BCUT2D eigenvalue weighted by Crippen LogP contribution is 2.42. The van der Waals surface area contributed by atoms with E-state index in [1.807, 2.05) is 0 Å². The molecule has 0 radical (unpaired) electrons. The Bertz CT molecular complexity index is 4020. The number of anilines is 6. The second-order valence-electron chi connectivity index (χ2n) is 25.4. The van der Waals surface area contributed by atoms with Gasteiger partial charge in [-0.3, -0.25) is 0 Å². The summed E-state index contributed by atoms with van der Waals surface area (Å²) in [7, 11) is 0. The quantitative estimate of drug-likeness (QED) is 0.0526. The first-order valence-electron chi connectivity index (χ1n) is 34.1. The van der Waals surface area contributed by atoms with Crippen LogP contribution in [-0.2, 0) is 25.7 Å². The van der Waals surface area contributed by atoms with Crippen molar-refractivity contribution in [2.45, 2.75) is 152 Å². The fourth-order valence-corrected chi connectivity index (χ4v) is 12.8. The van der Waals surface area contributed by atoms with Gasteiger partial charge >= 0.3 is 0 Å². The van der Waals surface area contributed by atoms with Gasteiger partial charge in [0.05, 0.1) is 0 Å². The van der Waals surface area contributed by atoms with E-state index in [9.17, 15) is 0 Å². The Morgan fingerprint density at radius 3 is 0.945 bits per heavy atom. The number of benzene rings is 11. The van der Waals surface area contributed by atoms with Crippen LogP contribution in [0.3, 0.4) is 0 Å². The summed E-state index contributed by atoms with van der Waals surface area (Å²) in [5.74, 6) is 0. The Morgan fingerprint density at radius 2 is 0.582 bits per heavy atom. The van der Waals surface area contributed by atoms with Crippen LogP contribution in [0.5, 0.6) is 0 Å². The van der Waals surface area contributed by atoms with Gasteiger partial charge in [-0.1, -0.05) is 266 Å². The van der Waals surface area contributed by atoms with Crippen LogP contribution in [0.4, 0.5) is 34.1 Å². The molecule has 0 saturated heterocycles. The van der Waals surface area contributed by atoms with Gasteiger partial charge < -0.3 is 9.80 Å². The van der Waals surface area contributed by atoms with Gasteiger partial charge in [0.1, 0.15) is 0 Å². The summed E-state index contributed by atoms with van der Waals surface area (Å²) in [6.45, 7) is 20.1. The van der Waals surface area contributed by atoms with Crippen LogP contribution in [-0.4, -0.2) is 0 Å². The Hall–Kier alpha value is -8.98. The largest absolute Gasteiger partial charge is 0.310 e. The highest BCUT2D eigenvalue weighted by Gasteiger charge is 2.19. The van der Waals surface area contributed by atoms with Gasteiger partial charge in [0, 0.05) is 34.1 Å². The minimum atomic E-state index is 1.12. The van der Waals surface area contributed by atoms with Crippen molar-refractivity contribution in [3.8, 4) is 55.6 Å². The molecule has 0 atom stereocenters. The molecule has 0 N–H and O–H groups in total. The lowest BCUT2D eigenvalue weighted by Crippen LogP contribution is -2.10. The third-order valence-corrected chi connectivity index (χ3v) is 18.1. The molecule has 0 bridgehead atoms. The van der Waals surface area contributed by atoms with E-state index in [2.05, 4.69) is 321 Å². The molecule has 0 saturated carbocycles. The lowest BCUT2D eigenvalue weighted by atomic mass is 9.88. The standard InChI is InChI=1S/C54H63N.C35H33N/c1-7-10-12-14-17-48-39-54(49(37-41(48)5)18-15-13-11-8-2)53-36-35-52(38-42(53)6)55(50-31-27-46(28-32-50)44-23-19-40(4)20-24-44)51-33-29-47(30-34-51)45-25-21-43(16-9-3)22-26-45;1-4-6-28-11-15-30(16-12-28)32-19-23-34(24-20-32)36(35-8-5-7-27(3)25-35)33-21-17-31(18-22-33)29-13-9-26(2)10-14-29/h19-39H,7-18H2,1-6H3;5,7-25H,4,6H2,1-3H3. The molecule has 2 nitrogen and oxygen atoms in total. The van der Waals surface area contributed by atoms with Crippen molar-refractivity contribution in [1.29, 1.82) is 0 Å². The SMILES string of the molecule is CCCCCCc1cc(-c2ccc(N(c3ccc(-c4ccc(C)cc4)cc3)c3ccc(-c4ccc(CCC)cc4)cc3)cc2C)c(CCCCCC)cc1C.CCCc1ccc(-c2ccc(N(c3ccc(-c4ccc(C)cc4)cc3)c3cccc(C)c3)cc2)cc1. The maximum Gasteiger partial charge on any atom is 0.0464 e. The van der Waals surface area contributed by atoms with Crippen molar-refractivity contribution in [3.63, 3.8) is 0 Å². The van der Waals surface area contributed by atoms with Gasteiger partial charge in [0.2, 0.25) is 0 Å². The normalized spacial score (nSPS) is 11.1. The molecular formula is C89H96N2. The second kappa shape index (κ2) is 32.2. The maximum absolute atomic E-state index is 2.55. The third kappa shape index (κ3) is 17.1.